The van der Waals surface area contributed by atoms with Crippen molar-refractivity contribution in [1.29, 1.82) is 0 Å². The SMILES string of the molecule is CNC(=O)c1ccccc1C(=O)NCC(C(=O)O)N(C)C(=O)C[C@H](CCCN(C(=O)OCc1ccccc1)/C(N)=N/C(=O)OCc1ccccc1)NC(=O)OCc1ccccc1. The highest BCUT2D eigenvalue weighted by molar-refractivity contribution is 6.07. The summed E-state index contributed by atoms with van der Waals surface area (Å²) >= 11 is 0. The Balaban J connectivity index is 1.48. The summed E-state index contributed by atoms with van der Waals surface area (Å²) in [6.45, 7) is -1.07. The molecule has 0 fully saturated rings. The molecule has 0 aliphatic carbocycles. The van der Waals surface area contributed by atoms with Gasteiger partial charge < -0.3 is 45.9 Å². The normalized spacial score (nSPS) is 11.8. The number of carboxylic acid groups (broad SMARTS) is 1. The maximum atomic E-state index is 13.7. The molecule has 4 aromatic carbocycles. The van der Waals surface area contributed by atoms with Crippen LogP contribution in [0.5, 0.6) is 0 Å². The molecule has 0 saturated heterocycles. The minimum absolute atomic E-state index is 0.00103. The number of hydrogen-bond acceptors (Lipinski definition) is 10. The Morgan fingerprint density at radius 3 is 1.74 bits per heavy atom. The molecule has 0 saturated carbocycles. The molecule has 6 N–H and O–H groups in total. The fourth-order valence-electron chi connectivity index (χ4n) is 5.87. The molecule has 0 bridgehead atoms. The summed E-state index contributed by atoms with van der Waals surface area (Å²) in [7, 11) is 2.63. The van der Waals surface area contributed by atoms with Gasteiger partial charge in [-0.2, -0.15) is 0 Å². The van der Waals surface area contributed by atoms with E-state index < -0.39 is 73.0 Å². The van der Waals surface area contributed by atoms with E-state index in [1.54, 1.807) is 103 Å². The standard InChI is InChI=1S/C44H49N7O11/c1-46-38(53)34-22-12-13-23-35(34)39(54)47-26-36(40(55)56)50(2)37(52)25-33(48-42(57)60-27-30-15-6-3-7-16-30)21-14-24-51(44(59)62-29-32-19-10-5-11-20-32)41(45)49-43(58)61-28-31-17-8-4-9-18-31/h3-13,15-20,22-23,33,36H,14,21,24-29H2,1-2H3,(H,46,53)(H,47,54)(H,48,57)(H,55,56)(H2,45,49,58)/t33-,36?/m0/s1. The number of nitrogens with one attached hydrogen (secondary N) is 3. The highest BCUT2D eigenvalue weighted by atomic mass is 16.6. The van der Waals surface area contributed by atoms with Gasteiger partial charge in [0.1, 0.15) is 25.9 Å². The van der Waals surface area contributed by atoms with E-state index >= 15 is 0 Å². The molecule has 0 radical (unpaired) electrons. The average molecular weight is 852 g/mol. The molecule has 326 valence electrons. The Morgan fingerprint density at radius 1 is 0.710 bits per heavy atom. The second-order valence-electron chi connectivity index (χ2n) is 13.6. The molecule has 4 rings (SSSR count). The first-order valence-corrected chi connectivity index (χ1v) is 19.4. The van der Waals surface area contributed by atoms with Crippen LogP contribution >= 0.6 is 0 Å². The lowest BCUT2D eigenvalue weighted by atomic mass is 10.1. The molecule has 0 aliphatic heterocycles. The topological polar surface area (TPSA) is 248 Å². The monoisotopic (exact) mass is 851 g/mol. The molecule has 4 aromatic rings. The number of benzene rings is 4. The molecule has 62 heavy (non-hydrogen) atoms. The summed E-state index contributed by atoms with van der Waals surface area (Å²) in [4.78, 5) is 96.2. The summed E-state index contributed by atoms with van der Waals surface area (Å²) in [5.74, 6) is -3.97. The molecule has 18 heteroatoms. The fraction of sp³-hybridized carbons (Fsp3) is 0.273. The van der Waals surface area contributed by atoms with Gasteiger partial charge in [-0.25, -0.2) is 24.1 Å². The van der Waals surface area contributed by atoms with Gasteiger partial charge >= 0.3 is 24.2 Å². The summed E-state index contributed by atoms with van der Waals surface area (Å²) < 4.78 is 16.1. The number of alkyl carbamates (subject to hydrolysis) is 1. The number of carbonyl (C=O) groups excluding carboxylic acids is 6. The van der Waals surface area contributed by atoms with Gasteiger partial charge in [-0.1, -0.05) is 103 Å². The number of aliphatic carboxylic acids is 1. The largest absolute Gasteiger partial charge is 0.480 e. The van der Waals surface area contributed by atoms with E-state index in [4.69, 9.17) is 19.9 Å². The lowest BCUT2D eigenvalue weighted by molar-refractivity contribution is -0.149. The maximum Gasteiger partial charge on any atom is 0.437 e. The van der Waals surface area contributed by atoms with Crippen LogP contribution in [0.1, 0.15) is 56.7 Å². The third-order valence-corrected chi connectivity index (χ3v) is 9.25. The van der Waals surface area contributed by atoms with Crippen LogP contribution in [0, 0.1) is 0 Å². The van der Waals surface area contributed by atoms with Crippen LogP contribution in [-0.2, 0) is 43.6 Å². The number of nitrogens with zero attached hydrogens (tertiary/aromatic N) is 3. The van der Waals surface area contributed by atoms with E-state index in [1.165, 1.54) is 26.2 Å². The number of carboxylic acids is 1. The Morgan fingerprint density at radius 2 is 1.21 bits per heavy atom. The second kappa shape index (κ2) is 24.4. The Labute approximate surface area is 358 Å². The molecule has 18 nitrogen and oxygen atoms in total. The first-order chi connectivity index (χ1) is 29.9. The van der Waals surface area contributed by atoms with Crippen LogP contribution in [-0.4, -0.2) is 102 Å². The summed E-state index contributed by atoms with van der Waals surface area (Å²) in [5.41, 5.74) is 8.29. The van der Waals surface area contributed by atoms with E-state index in [0.717, 1.165) is 9.80 Å². The number of likely N-dealkylation sites (N-methyl/N-ethyl adjacent to an activating group) is 1. The Kier molecular flexibility index (Phi) is 18.4. The number of ether oxygens (including phenoxy) is 3. The first kappa shape index (κ1) is 46.9. The molecule has 0 aromatic heterocycles. The molecular weight excluding hydrogens is 803 g/mol. The smallest absolute Gasteiger partial charge is 0.437 e. The van der Waals surface area contributed by atoms with Gasteiger partial charge in [0.05, 0.1) is 11.1 Å². The Hall–Kier alpha value is -7.76. The van der Waals surface area contributed by atoms with Crippen LogP contribution in [0.3, 0.4) is 0 Å². The molecule has 2 atom stereocenters. The van der Waals surface area contributed by atoms with Crippen molar-refractivity contribution in [1.82, 2.24) is 25.8 Å². The average Bonchev–Trinajstić information content (AvgIpc) is 3.28. The van der Waals surface area contributed by atoms with Gasteiger partial charge in [-0.3, -0.25) is 14.4 Å². The molecule has 1 unspecified atom stereocenters. The number of guanidine groups is 1. The third kappa shape index (κ3) is 15.1. The number of hydrogen-bond donors (Lipinski definition) is 5. The lowest BCUT2D eigenvalue weighted by Gasteiger charge is -2.28. The van der Waals surface area contributed by atoms with Crippen LogP contribution in [0.4, 0.5) is 14.4 Å². The van der Waals surface area contributed by atoms with Crippen molar-refractivity contribution in [2.45, 2.75) is 51.2 Å². The van der Waals surface area contributed by atoms with Gasteiger partial charge in [0.25, 0.3) is 11.8 Å². The molecule has 0 spiro atoms. The van der Waals surface area contributed by atoms with Crippen molar-refractivity contribution >= 4 is 47.9 Å². The highest BCUT2D eigenvalue weighted by Gasteiger charge is 2.30. The van der Waals surface area contributed by atoms with Crippen LogP contribution in [0.25, 0.3) is 0 Å². The zero-order valence-electron chi connectivity index (χ0n) is 34.2. The number of carbonyl (C=O) groups is 7. The van der Waals surface area contributed by atoms with Crippen LogP contribution in [0.2, 0.25) is 0 Å². The fourth-order valence-corrected chi connectivity index (χ4v) is 5.87. The van der Waals surface area contributed by atoms with Gasteiger partial charge in [-0.05, 0) is 41.7 Å². The minimum Gasteiger partial charge on any atom is -0.480 e. The highest BCUT2D eigenvalue weighted by Crippen LogP contribution is 2.13. The lowest BCUT2D eigenvalue weighted by Crippen LogP contribution is -2.51. The van der Waals surface area contributed by atoms with Crippen molar-refractivity contribution in [2.75, 3.05) is 27.2 Å². The summed E-state index contributed by atoms with van der Waals surface area (Å²) in [6, 6.07) is 29.9. The predicted octanol–water partition coefficient (Wildman–Crippen LogP) is 4.44. The van der Waals surface area contributed by atoms with Gasteiger partial charge in [0.15, 0.2) is 0 Å². The first-order valence-electron chi connectivity index (χ1n) is 19.4. The van der Waals surface area contributed by atoms with E-state index in [2.05, 4.69) is 20.9 Å². The van der Waals surface area contributed by atoms with Crippen LogP contribution < -0.4 is 21.7 Å². The van der Waals surface area contributed by atoms with Crippen molar-refractivity contribution in [3.8, 4) is 0 Å². The molecular formula is C44H49N7O11. The predicted molar refractivity (Wildman–Crippen MR) is 225 cm³/mol. The minimum atomic E-state index is -1.56. The van der Waals surface area contributed by atoms with E-state index in [1.807, 2.05) is 0 Å². The summed E-state index contributed by atoms with van der Waals surface area (Å²) in [5, 5.41) is 17.7. The molecule has 6 amide bonds. The van der Waals surface area contributed by atoms with Crippen LogP contribution in [0.15, 0.2) is 120 Å². The van der Waals surface area contributed by atoms with E-state index in [-0.39, 0.29) is 50.3 Å². The van der Waals surface area contributed by atoms with Crippen molar-refractivity contribution in [3.05, 3.63) is 143 Å². The summed E-state index contributed by atoms with van der Waals surface area (Å²) in [6.07, 6.45) is -3.30. The number of amides is 6. The van der Waals surface area contributed by atoms with Crippen molar-refractivity contribution in [3.63, 3.8) is 0 Å². The Bertz CT molecular complexity index is 2170. The molecule has 0 heterocycles. The number of aliphatic imine (C=N–C) groups is 1. The number of nitrogens with two attached hydrogens (primary N) is 1. The van der Waals surface area contributed by atoms with E-state index in [0.29, 0.717) is 16.7 Å². The quantitative estimate of drug-likeness (QED) is 0.0499. The maximum absolute atomic E-state index is 13.7. The van der Waals surface area contributed by atoms with Crippen molar-refractivity contribution < 1.29 is 52.9 Å². The molecule has 0 aliphatic rings. The zero-order chi connectivity index (χ0) is 44.9. The third-order valence-electron chi connectivity index (χ3n) is 9.25. The zero-order valence-corrected chi connectivity index (χ0v) is 34.2. The van der Waals surface area contributed by atoms with E-state index in [9.17, 15) is 38.7 Å². The van der Waals surface area contributed by atoms with Gasteiger partial charge in [-0.15, -0.1) is 4.99 Å². The second-order valence-corrected chi connectivity index (χ2v) is 13.6. The van der Waals surface area contributed by atoms with Gasteiger partial charge in [0, 0.05) is 39.6 Å². The number of rotatable bonds is 19. The van der Waals surface area contributed by atoms with Gasteiger partial charge in [0.2, 0.25) is 11.9 Å². The van der Waals surface area contributed by atoms with Crippen molar-refractivity contribution in [2.24, 2.45) is 10.7 Å².